The van der Waals surface area contributed by atoms with Gasteiger partial charge in [0, 0.05) is 17.3 Å². The predicted molar refractivity (Wildman–Crippen MR) is 98.3 cm³/mol. The van der Waals surface area contributed by atoms with Crippen LogP contribution in [0.1, 0.15) is 60.8 Å². The summed E-state index contributed by atoms with van der Waals surface area (Å²) in [5, 5.41) is 44.1. The van der Waals surface area contributed by atoms with Gasteiger partial charge in [0.25, 0.3) is 0 Å². The smallest absolute Gasteiger partial charge is 0.171 e. The summed E-state index contributed by atoms with van der Waals surface area (Å²) in [5.41, 5.74) is -5.41. The number of carbonyl (C=O) groups excluding carboxylic acids is 1. The molecular formula is C21H34O5. The Morgan fingerprint density at radius 2 is 1.77 bits per heavy atom. The zero-order chi connectivity index (χ0) is 19.9. The number of hydrogen-bond acceptors (Lipinski definition) is 5. The molecule has 9 atom stereocenters. The molecule has 5 heteroatoms. The van der Waals surface area contributed by atoms with Crippen molar-refractivity contribution in [2.45, 2.75) is 77.6 Å². The van der Waals surface area contributed by atoms with E-state index in [0.29, 0.717) is 19.1 Å². The highest BCUT2D eigenvalue weighted by molar-refractivity contribution is 6.04. The molecule has 148 valence electrons. The quantitative estimate of drug-likeness (QED) is 0.445. The summed E-state index contributed by atoms with van der Waals surface area (Å²) in [7, 11) is 0. The van der Waals surface area contributed by atoms with Crippen LogP contribution in [0.3, 0.4) is 0 Å². The lowest BCUT2D eigenvalue weighted by Gasteiger charge is -2.72. The molecule has 0 aliphatic heterocycles. The summed E-state index contributed by atoms with van der Waals surface area (Å²) in [6, 6.07) is 0. The number of aliphatic hydroxyl groups excluding tert-OH is 1. The maximum absolute atomic E-state index is 13.5. The summed E-state index contributed by atoms with van der Waals surface area (Å²) in [4.78, 5) is 13.5. The molecule has 4 N–H and O–H groups in total. The molecule has 4 saturated carbocycles. The van der Waals surface area contributed by atoms with Crippen molar-refractivity contribution in [3.05, 3.63) is 11.8 Å². The summed E-state index contributed by atoms with van der Waals surface area (Å²) in [5.74, 6) is -1.27. The average molecular weight is 366 g/mol. The lowest BCUT2D eigenvalue weighted by atomic mass is 9.33. The molecule has 0 aromatic carbocycles. The van der Waals surface area contributed by atoms with Crippen molar-refractivity contribution in [1.29, 1.82) is 0 Å². The largest absolute Gasteiger partial charge is 0.515 e. The standard InChI is InChI=1S/C21H34O5/c1-7-11(2)16-19(5)15-12(3)8-18(4,24)9-13(15)21(26,20(16,6)25)14(10-22)17(19)23/h10-13,15-16,22,24-26H,7-9H2,1-6H3/b14-10+. The molecule has 2 bridgehead atoms. The second kappa shape index (κ2) is 5.55. The molecule has 5 nitrogen and oxygen atoms in total. The lowest BCUT2D eigenvalue weighted by molar-refractivity contribution is -0.301. The lowest BCUT2D eigenvalue weighted by Crippen LogP contribution is -2.81. The third-order valence-corrected chi connectivity index (χ3v) is 8.21. The first-order valence-corrected chi connectivity index (χ1v) is 9.87. The van der Waals surface area contributed by atoms with Gasteiger partial charge in [-0.25, -0.2) is 0 Å². The van der Waals surface area contributed by atoms with E-state index in [9.17, 15) is 25.2 Å². The number of ketones is 1. The third kappa shape index (κ3) is 2.05. The van der Waals surface area contributed by atoms with Gasteiger partial charge in [-0.1, -0.05) is 34.1 Å². The van der Waals surface area contributed by atoms with Crippen molar-refractivity contribution in [2.75, 3.05) is 0 Å². The highest BCUT2D eigenvalue weighted by atomic mass is 16.4. The average Bonchev–Trinajstić information content (AvgIpc) is 2.50. The Balaban J connectivity index is 2.32. The zero-order valence-corrected chi connectivity index (χ0v) is 16.8. The minimum Gasteiger partial charge on any atom is -0.515 e. The van der Waals surface area contributed by atoms with E-state index in [1.807, 2.05) is 27.7 Å². The Kier molecular flexibility index (Phi) is 4.24. The third-order valence-electron chi connectivity index (χ3n) is 8.21. The van der Waals surface area contributed by atoms with Crippen LogP contribution in [0.25, 0.3) is 0 Å². The van der Waals surface area contributed by atoms with Crippen molar-refractivity contribution in [3.8, 4) is 0 Å². The van der Waals surface area contributed by atoms with Crippen molar-refractivity contribution < 1.29 is 25.2 Å². The highest BCUT2D eigenvalue weighted by Gasteiger charge is 2.79. The van der Waals surface area contributed by atoms with Crippen LogP contribution in [-0.2, 0) is 4.79 Å². The summed E-state index contributed by atoms with van der Waals surface area (Å²) in [6.07, 6.45) is 2.32. The van der Waals surface area contributed by atoms with Gasteiger partial charge in [-0.2, -0.15) is 0 Å². The number of Topliss-reactive ketones (excluding diaryl/α,β-unsaturated/α-hetero) is 1. The van der Waals surface area contributed by atoms with E-state index in [-0.39, 0.29) is 29.1 Å². The predicted octanol–water partition coefficient (Wildman–Crippen LogP) is 2.59. The van der Waals surface area contributed by atoms with E-state index in [2.05, 4.69) is 0 Å². The van der Waals surface area contributed by atoms with Crippen molar-refractivity contribution >= 4 is 5.78 Å². The molecule has 4 rings (SSSR count). The van der Waals surface area contributed by atoms with Crippen LogP contribution in [0, 0.1) is 35.0 Å². The van der Waals surface area contributed by atoms with Crippen LogP contribution in [-0.4, -0.2) is 43.0 Å². The first-order valence-electron chi connectivity index (χ1n) is 9.87. The molecule has 0 saturated heterocycles. The van der Waals surface area contributed by atoms with E-state index in [0.717, 1.165) is 6.42 Å². The van der Waals surface area contributed by atoms with Crippen LogP contribution >= 0.6 is 0 Å². The second-order valence-electron chi connectivity index (χ2n) is 9.95. The maximum atomic E-state index is 13.5. The van der Waals surface area contributed by atoms with Crippen LogP contribution in [0.5, 0.6) is 0 Å². The fraction of sp³-hybridized carbons (Fsp3) is 0.857. The first kappa shape index (κ1) is 19.8. The van der Waals surface area contributed by atoms with Crippen LogP contribution in [0.2, 0.25) is 0 Å². The highest BCUT2D eigenvalue weighted by Crippen LogP contribution is 2.71. The Bertz CT molecular complexity index is 651. The van der Waals surface area contributed by atoms with Crippen molar-refractivity contribution in [1.82, 2.24) is 0 Å². The summed E-state index contributed by atoms with van der Waals surface area (Å²) in [6.45, 7) is 11.3. The van der Waals surface area contributed by atoms with E-state index in [4.69, 9.17) is 0 Å². The van der Waals surface area contributed by atoms with Gasteiger partial charge in [0.1, 0.15) is 5.60 Å². The zero-order valence-electron chi connectivity index (χ0n) is 16.8. The number of rotatable bonds is 2. The van der Waals surface area contributed by atoms with Gasteiger partial charge >= 0.3 is 0 Å². The van der Waals surface area contributed by atoms with Crippen molar-refractivity contribution in [2.24, 2.45) is 35.0 Å². The Hall–Kier alpha value is -0.910. The van der Waals surface area contributed by atoms with Gasteiger partial charge in [0.2, 0.25) is 0 Å². The molecule has 26 heavy (non-hydrogen) atoms. The van der Waals surface area contributed by atoms with E-state index >= 15 is 0 Å². The minimum atomic E-state index is -1.87. The number of fused-ring (bicyclic) bond motifs is 2. The SMILES string of the molecule is CCC(C)C1C2(C)C(=O)/C(=C\O)C(O)(C3CC(C)(O)CC(C)C32)C1(C)O. The van der Waals surface area contributed by atoms with Gasteiger partial charge < -0.3 is 20.4 Å². The van der Waals surface area contributed by atoms with E-state index in [1.165, 1.54) is 0 Å². The Morgan fingerprint density at radius 3 is 2.27 bits per heavy atom. The van der Waals surface area contributed by atoms with Crippen LogP contribution in [0.4, 0.5) is 0 Å². The molecule has 4 aliphatic rings. The summed E-state index contributed by atoms with van der Waals surface area (Å²) >= 11 is 0. The van der Waals surface area contributed by atoms with Crippen LogP contribution in [0.15, 0.2) is 11.8 Å². The first-order chi connectivity index (χ1) is 11.8. The van der Waals surface area contributed by atoms with E-state index < -0.39 is 34.1 Å². The van der Waals surface area contributed by atoms with Crippen molar-refractivity contribution in [3.63, 3.8) is 0 Å². The topological polar surface area (TPSA) is 98.0 Å². The Morgan fingerprint density at radius 1 is 1.19 bits per heavy atom. The van der Waals surface area contributed by atoms with Gasteiger partial charge in [-0.15, -0.1) is 0 Å². The molecule has 0 aromatic rings. The molecule has 0 aromatic heterocycles. The molecule has 0 heterocycles. The molecule has 0 spiro atoms. The monoisotopic (exact) mass is 366 g/mol. The Labute approximate surface area is 156 Å². The van der Waals surface area contributed by atoms with E-state index in [1.54, 1.807) is 13.8 Å². The second-order valence-corrected chi connectivity index (χ2v) is 9.95. The summed E-state index contributed by atoms with van der Waals surface area (Å²) < 4.78 is 0. The number of hydrogen-bond donors (Lipinski definition) is 4. The van der Waals surface area contributed by atoms with Gasteiger partial charge in [0.05, 0.1) is 23.0 Å². The molecular weight excluding hydrogens is 332 g/mol. The molecule has 4 fully saturated rings. The number of carbonyl (C=O) groups is 1. The number of aliphatic hydroxyl groups is 4. The minimum absolute atomic E-state index is 0.0205. The van der Waals surface area contributed by atoms with Gasteiger partial charge in [0.15, 0.2) is 5.78 Å². The molecule has 0 radical (unpaired) electrons. The van der Waals surface area contributed by atoms with Gasteiger partial charge in [-0.3, -0.25) is 4.79 Å². The van der Waals surface area contributed by atoms with Gasteiger partial charge in [-0.05, 0) is 44.4 Å². The maximum Gasteiger partial charge on any atom is 0.171 e. The molecule has 0 amide bonds. The fourth-order valence-electron chi connectivity index (χ4n) is 7.49. The van der Waals surface area contributed by atoms with Crippen LogP contribution < -0.4 is 0 Å². The molecule has 9 unspecified atom stereocenters. The molecule has 4 aliphatic carbocycles. The fourth-order valence-corrected chi connectivity index (χ4v) is 7.49. The normalized spacial score (nSPS) is 56.5.